The van der Waals surface area contributed by atoms with Crippen LogP contribution in [0.15, 0.2) is 47.4 Å². The molecule has 2 aromatic rings. The maximum Gasteiger partial charge on any atom is 0.264 e. The summed E-state index contributed by atoms with van der Waals surface area (Å²) in [5, 5.41) is 0. The molecule has 2 aliphatic rings. The topological polar surface area (TPSA) is 57.7 Å². The van der Waals surface area contributed by atoms with Gasteiger partial charge in [0, 0.05) is 24.7 Å². The molecule has 2 aliphatic heterocycles. The van der Waals surface area contributed by atoms with Crippen molar-refractivity contribution in [3.8, 4) is 0 Å². The predicted molar refractivity (Wildman–Crippen MR) is 102 cm³/mol. The average Bonchev–Trinajstić information content (AvgIpc) is 3.20. The number of para-hydroxylation sites is 1. The van der Waals surface area contributed by atoms with Crippen molar-refractivity contribution in [3.63, 3.8) is 0 Å². The molecule has 136 valence electrons. The molecule has 0 aliphatic carbocycles. The largest absolute Gasteiger partial charge is 0.312 e. The molecule has 0 saturated carbocycles. The lowest BCUT2D eigenvalue weighted by Crippen LogP contribution is -2.35. The molecule has 0 aromatic heterocycles. The number of sulfonamides is 1. The van der Waals surface area contributed by atoms with Crippen molar-refractivity contribution < 1.29 is 13.2 Å². The first-order valence-electron chi connectivity index (χ1n) is 8.99. The molecule has 0 saturated heterocycles. The van der Waals surface area contributed by atoms with E-state index in [4.69, 9.17) is 0 Å². The smallest absolute Gasteiger partial charge is 0.264 e. The maximum absolute atomic E-state index is 13.3. The number of anilines is 2. The van der Waals surface area contributed by atoms with Crippen LogP contribution in [0.3, 0.4) is 0 Å². The van der Waals surface area contributed by atoms with E-state index in [0.29, 0.717) is 24.3 Å². The van der Waals surface area contributed by atoms with E-state index < -0.39 is 10.0 Å². The summed E-state index contributed by atoms with van der Waals surface area (Å²) in [6.07, 6.45) is 1.86. The van der Waals surface area contributed by atoms with Gasteiger partial charge >= 0.3 is 0 Å². The van der Waals surface area contributed by atoms with Gasteiger partial charge in [-0.1, -0.05) is 25.1 Å². The van der Waals surface area contributed by atoms with Crippen molar-refractivity contribution in [2.45, 2.75) is 44.0 Å². The summed E-state index contributed by atoms with van der Waals surface area (Å²) in [6, 6.07) is 12.7. The molecule has 2 heterocycles. The molecular weight excluding hydrogens is 348 g/mol. The number of fused-ring (bicyclic) bond motifs is 2. The molecule has 0 fully saturated rings. The third kappa shape index (κ3) is 2.51. The average molecular weight is 370 g/mol. The summed E-state index contributed by atoms with van der Waals surface area (Å²) in [5.74, 6) is 0.0708. The van der Waals surface area contributed by atoms with Crippen molar-refractivity contribution in [2.24, 2.45) is 0 Å². The monoisotopic (exact) mass is 370 g/mol. The summed E-state index contributed by atoms with van der Waals surface area (Å²) < 4.78 is 28.2. The fourth-order valence-corrected chi connectivity index (χ4v) is 5.75. The van der Waals surface area contributed by atoms with Crippen LogP contribution in [-0.2, 0) is 27.7 Å². The van der Waals surface area contributed by atoms with E-state index in [2.05, 4.69) is 0 Å². The van der Waals surface area contributed by atoms with Crippen molar-refractivity contribution in [1.82, 2.24) is 0 Å². The molecule has 0 spiro atoms. The fourth-order valence-electron chi connectivity index (χ4n) is 4.01. The second-order valence-corrected chi connectivity index (χ2v) is 8.74. The lowest BCUT2D eigenvalue weighted by molar-refractivity contribution is -0.118. The maximum atomic E-state index is 13.3. The molecule has 2 aromatic carbocycles. The van der Waals surface area contributed by atoms with Gasteiger partial charge in [-0.15, -0.1) is 0 Å². The van der Waals surface area contributed by atoms with Crippen LogP contribution in [0, 0.1) is 0 Å². The van der Waals surface area contributed by atoms with Gasteiger partial charge in [0.2, 0.25) is 5.91 Å². The summed E-state index contributed by atoms with van der Waals surface area (Å²) in [5.41, 5.74) is 3.59. The Bertz CT molecular complexity index is 984. The number of nitrogens with zero attached hydrogens (tertiary/aromatic N) is 2. The van der Waals surface area contributed by atoms with Gasteiger partial charge < -0.3 is 4.90 Å². The third-order valence-corrected chi connectivity index (χ3v) is 7.18. The summed E-state index contributed by atoms with van der Waals surface area (Å²) in [6.45, 7) is 4.40. The van der Waals surface area contributed by atoms with E-state index >= 15 is 0 Å². The SMILES string of the molecule is CCC(=O)N1CCc2cc(S(=O)(=O)N3c4ccccc4C[C@H]3C)ccc21. The third-order valence-electron chi connectivity index (χ3n) is 5.25. The molecule has 5 nitrogen and oxygen atoms in total. The lowest BCUT2D eigenvalue weighted by atomic mass is 10.1. The highest BCUT2D eigenvalue weighted by Gasteiger charge is 2.36. The van der Waals surface area contributed by atoms with Crippen LogP contribution in [0.4, 0.5) is 11.4 Å². The summed E-state index contributed by atoms with van der Waals surface area (Å²) >= 11 is 0. The van der Waals surface area contributed by atoms with E-state index in [9.17, 15) is 13.2 Å². The highest BCUT2D eigenvalue weighted by Crippen LogP contribution is 2.38. The normalized spacial score (nSPS) is 18.8. The second-order valence-electron chi connectivity index (χ2n) is 6.92. The zero-order valence-electron chi connectivity index (χ0n) is 15.0. The first-order valence-corrected chi connectivity index (χ1v) is 10.4. The van der Waals surface area contributed by atoms with Gasteiger partial charge in [-0.3, -0.25) is 9.10 Å². The summed E-state index contributed by atoms with van der Waals surface area (Å²) in [4.78, 5) is 14.1. The van der Waals surface area contributed by atoms with Crippen LogP contribution in [0.1, 0.15) is 31.4 Å². The van der Waals surface area contributed by atoms with Gasteiger partial charge in [0.15, 0.2) is 0 Å². The van der Waals surface area contributed by atoms with Gasteiger partial charge in [0.05, 0.1) is 10.6 Å². The number of carbonyl (C=O) groups is 1. The van der Waals surface area contributed by atoms with Gasteiger partial charge in [-0.25, -0.2) is 8.42 Å². The second kappa shape index (κ2) is 6.13. The van der Waals surface area contributed by atoms with E-state index in [1.807, 2.05) is 38.1 Å². The lowest BCUT2D eigenvalue weighted by Gasteiger charge is -2.25. The molecule has 0 N–H and O–H groups in total. The molecule has 6 heteroatoms. The Morgan fingerprint density at radius 1 is 1.12 bits per heavy atom. The Labute approximate surface area is 154 Å². The minimum atomic E-state index is -3.64. The van der Waals surface area contributed by atoms with Gasteiger partial charge in [0.1, 0.15) is 0 Å². The minimum absolute atomic E-state index is 0.0708. The Hall–Kier alpha value is -2.34. The van der Waals surface area contributed by atoms with Gasteiger partial charge in [0.25, 0.3) is 10.0 Å². The standard InChI is InChI=1S/C20H22N2O3S/c1-3-20(23)21-11-10-16-13-17(8-9-18(16)21)26(24,25)22-14(2)12-15-6-4-5-7-19(15)22/h4-9,13-14H,3,10-12H2,1-2H3/t14-/m1/s1. The molecule has 26 heavy (non-hydrogen) atoms. The van der Waals surface area contributed by atoms with E-state index in [1.165, 1.54) is 4.31 Å². The molecule has 0 unspecified atom stereocenters. The molecule has 1 amide bonds. The Balaban J connectivity index is 1.73. The summed E-state index contributed by atoms with van der Waals surface area (Å²) in [7, 11) is -3.64. The first-order chi connectivity index (χ1) is 12.4. The highest BCUT2D eigenvalue weighted by molar-refractivity contribution is 7.92. The van der Waals surface area contributed by atoms with Crippen molar-refractivity contribution >= 4 is 27.3 Å². The van der Waals surface area contributed by atoms with E-state index in [1.54, 1.807) is 23.1 Å². The van der Waals surface area contributed by atoms with Crippen LogP contribution in [0.5, 0.6) is 0 Å². The molecular formula is C20H22N2O3S. The van der Waals surface area contributed by atoms with Crippen molar-refractivity contribution in [2.75, 3.05) is 15.7 Å². The van der Waals surface area contributed by atoms with Crippen LogP contribution in [0.25, 0.3) is 0 Å². The van der Waals surface area contributed by atoms with E-state index in [-0.39, 0.29) is 11.9 Å². The number of benzene rings is 2. The number of carbonyl (C=O) groups excluding carboxylic acids is 1. The quantitative estimate of drug-likeness (QED) is 0.834. The minimum Gasteiger partial charge on any atom is -0.312 e. The Morgan fingerprint density at radius 2 is 1.88 bits per heavy atom. The van der Waals surface area contributed by atoms with Crippen LogP contribution >= 0.6 is 0 Å². The molecule has 0 bridgehead atoms. The number of amides is 1. The van der Waals surface area contributed by atoms with Crippen molar-refractivity contribution in [3.05, 3.63) is 53.6 Å². The molecule has 1 atom stereocenters. The molecule has 0 radical (unpaired) electrons. The van der Waals surface area contributed by atoms with Gasteiger partial charge in [-0.2, -0.15) is 0 Å². The number of hydrogen-bond donors (Lipinski definition) is 0. The predicted octanol–water partition coefficient (Wildman–Crippen LogP) is 3.13. The Morgan fingerprint density at radius 3 is 2.65 bits per heavy atom. The Kier molecular flexibility index (Phi) is 4.03. The zero-order valence-corrected chi connectivity index (χ0v) is 15.8. The van der Waals surface area contributed by atoms with Gasteiger partial charge in [-0.05, 0) is 55.2 Å². The van der Waals surface area contributed by atoms with Crippen LogP contribution < -0.4 is 9.21 Å². The van der Waals surface area contributed by atoms with Crippen molar-refractivity contribution in [1.29, 1.82) is 0 Å². The van der Waals surface area contributed by atoms with Crippen LogP contribution in [0.2, 0.25) is 0 Å². The number of hydrogen-bond acceptors (Lipinski definition) is 3. The molecule has 4 rings (SSSR count). The zero-order chi connectivity index (χ0) is 18.5. The first kappa shape index (κ1) is 17.1. The highest BCUT2D eigenvalue weighted by atomic mass is 32.2. The fraction of sp³-hybridized carbons (Fsp3) is 0.350. The van der Waals surface area contributed by atoms with Crippen LogP contribution in [-0.4, -0.2) is 26.9 Å². The number of rotatable bonds is 3. The van der Waals surface area contributed by atoms with E-state index in [0.717, 1.165) is 28.9 Å².